The Hall–Kier alpha value is -1.71. The Morgan fingerprint density at radius 2 is 1.90 bits per heavy atom. The van der Waals surface area contributed by atoms with E-state index >= 15 is 0 Å². The van der Waals surface area contributed by atoms with Crippen molar-refractivity contribution in [2.45, 2.75) is 0 Å². The highest BCUT2D eigenvalue weighted by Crippen LogP contribution is 2.20. The van der Waals surface area contributed by atoms with Gasteiger partial charge in [0.05, 0.1) is 17.0 Å². The van der Waals surface area contributed by atoms with Crippen molar-refractivity contribution in [2.75, 3.05) is 27.7 Å². The molecular weight excluding hydrogens is 377 g/mol. The van der Waals surface area contributed by atoms with Crippen LogP contribution in [-0.2, 0) is 4.79 Å². The molecule has 0 heterocycles. The Bertz CT molecular complexity index is 560. The number of non-ortho nitro benzene ring substituents is 1. The lowest BCUT2D eigenvalue weighted by Crippen LogP contribution is -2.38. The van der Waals surface area contributed by atoms with Crippen LogP contribution < -0.4 is 0 Å². The maximum atomic E-state index is 12.2. The van der Waals surface area contributed by atoms with Crippen LogP contribution in [0.3, 0.4) is 0 Å². The molecule has 1 aromatic rings. The molecular formula is C12H14IN3O4. The predicted octanol–water partition coefficient (Wildman–Crippen LogP) is 1.36. The van der Waals surface area contributed by atoms with Gasteiger partial charge < -0.3 is 9.80 Å². The van der Waals surface area contributed by atoms with Gasteiger partial charge in [-0.3, -0.25) is 19.7 Å². The first kappa shape index (κ1) is 16.3. The van der Waals surface area contributed by atoms with Gasteiger partial charge in [-0.05, 0) is 28.7 Å². The molecule has 7 nitrogen and oxygen atoms in total. The number of nitro benzene ring substituents is 1. The zero-order valence-corrected chi connectivity index (χ0v) is 13.4. The van der Waals surface area contributed by atoms with Crippen LogP contribution in [0.2, 0.25) is 0 Å². The lowest BCUT2D eigenvalue weighted by atomic mass is 10.2. The SMILES string of the molecule is CN(C)C(=O)CN(C)C(=O)c1cc([N+](=O)[O-])ccc1I. The molecule has 0 aromatic heterocycles. The number of carbonyl (C=O) groups excluding carboxylic acids is 2. The van der Waals surface area contributed by atoms with Crippen molar-refractivity contribution in [1.82, 2.24) is 9.80 Å². The number of amides is 2. The first-order valence-electron chi connectivity index (χ1n) is 5.63. The molecule has 0 atom stereocenters. The smallest absolute Gasteiger partial charge is 0.270 e. The average Bonchev–Trinajstić information content (AvgIpc) is 2.37. The summed E-state index contributed by atoms with van der Waals surface area (Å²) in [6.07, 6.45) is 0. The van der Waals surface area contributed by atoms with Crippen LogP contribution in [0.4, 0.5) is 5.69 Å². The van der Waals surface area contributed by atoms with E-state index in [4.69, 9.17) is 0 Å². The van der Waals surface area contributed by atoms with E-state index in [0.717, 1.165) is 0 Å². The molecule has 108 valence electrons. The van der Waals surface area contributed by atoms with E-state index in [1.165, 1.54) is 35.0 Å². The van der Waals surface area contributed by atoms with Gasteiger partial charge in [-0.25, -0.2) is 0 Å². The zero-order valence-electron chi connectivity index (χ0n) is 11.3. The number of benzene rings is 1. The lowest BCUT2D eigenvalue weighted by molar-refractivity contribution is -0.384. The van der Waals surface area contributed by atoms with Crippen molar-refractivity contribution in [3.63, 3.8) is 0 Å². The van der Waals surface area contributed by atoms with Gasteiger partial charge in [0.25, 0.3) is 11.6 Å². The molecule has 1 rings (SSSR count). The molecule has 0 saturated carbocycles. The van der Waals surface area contributed by atoms with E-state index < -0.39 is 10.8 Å². The van der Waals surface area contributed by atoms with E-state index in [1.54, 1.807) is 14.1 Å². The summed E-state index contributed by atoms with van der Waals surface area (Å²) in [5.41, 5.74) is 0.0648. The van der Waals surface area contributed by atoms with Crippen molar-refractivity contribution in [2.24, 2.45) is 0 Å². The van der Waals surface area contributed by atoms with Crippen LogP contribution >= 0.6 is 22.6 Å². The highest BCUT2D eigenvalue weighted by Gasteiger charge is 2.20. The molecule has 0 spiro atoms. The van der Waals surface area contributed by atoms with Gasteiger partial charge in [-0.2, -0.15) is 0 Å². The Morgan fingerprint density at radius 3 is 2.40 bits per heavy atom. The van der Waals surface area contributed by atoms with Crippen LogP contribution in [0, 0.1) is 13.7 Å². The Kier molecular flexibility index (Phi) is 5.43. The van der Waals surface area contributed by atoms with Gasteiger partial charge in [-0.15, -0.1) is 0 Å². The number of halogens is 1. The largest absolute Gasteiger partial charge is 0.347 e. The van der Waals surface area contributed by atoms with E-state index in [1.807, 2.05) is 22.6 Å². The molecule has 0 aliphatic rings. The summed E-state index contributed by atoms with van der Waals surface area (Å²) in [5.74, 6) is -0.644. The van der Waals surface area contributed by atoms with Crippen LogP contribution in [0.1, 0.15) is 10.4 Å². The van der Waals surface area contributed by atoms with Crippen LogP contribution in [0.5, 0.6) is 0 Å². The highest BCUT2D eigenvalue weighted by molar-refractivity contribution is 14.1. The fourth-order valence-electron chi connectivity index (χ4n) is 1.41. The van der Waals surface area contributed by atoms with Crippen LogP contribution in [0.15, 0.2) is 18.2 Å². The number of carbonyl (C=O) groups is 2. The van der Waals surface area contributed by atoms with Crippen molar-refractivity contribution in [1.29, 1.82) is 0 Å². The predicted molar refractivity (Wildman–Crippen MR) is 81.5 cm³/mol. The van der Waals surface area contributed by atoms with E-state index in [2.05, 4.69) is 0 Å². The summed E-state index contributed by atoms with van der Waals surface area (Å²) in [5, 5.41) is 10.7. The molecule has 0 N–H and O–H groups in total. The minimum atomic E-state index is -0.558. The normalized spacial score (nSPS) is 10.0. The number of likely N-dealkylation sites (N-methyl/N-ethyl adjacent to an activating group) is 2. The molecule has 0 radical (unpaired) electrons. The summed E-state index contributed by atoms with van der Waals surface area (Å²) in [6.45, 7) is -0.0788. The summed E-state index contributed by atoms with van der Waals surface area (Å²) in [6, 6.07) is 4.07. The average molecular weight is 391 g/mol. The van der Waals surface area contributed by atoms with Crippen molar-refractivity contribution in [3.8, 4) is 0 Å². The van der Waals surface area contributed by atoms with Gasteiger partial charge >= 0.3 is 0 Å². The zero-order chi connectivity index (χ0) is 15.4. The highest BCUT2D eigenvalue weighted by atomic mass is 127. The summed E-state index contributed by atoms with van der Waals surface area (Å²) >= 11 is 1.93. The number of nitro groups is 1. The maximum absolute atomic E-state index is 12.2. The molecule has 0 aliphatic carbocycles. The Labute approximate surface area is 129 Å². The van der Waals surface area contributed by atoms with Crippen LogP contribution in [-0.4, -0.2) is 54.2 Å². The summed E-state index contributed by atoms with van der Waals surface area (Å²) < 4.78 is 0.599. The molecule has 0 fully saturated rings. The molecule has 0 saturated heterocycles. The molecule has 1 aromatic carbocycles. The summed E-state index contributed by atoms with van der Waals surface area (Å²) in [4.78, 5) is 36.6. The molecule has 0 bridgehead atoms. The minimum absolute atomic E-state index is 0.0788. The fourth-order valence-corrected chi connectivity index (χ4v) is 1.98. The first-order chi connectivity index (χ1) is 9.23. The number of rotatable bonds is 4. The van der Waals surface area contributed by atoms with Gasteiger partial charge in [0, 0.05) is 36.8 Å². The standard InChI is InChI=1S/C12H14IN3O4/c1-14(2)11(17)7-15(3)12(18)9-6-8(16(19)20)4-5-10(9)13/h4-6H,7H2,1-3H3. The molecule has 20 heavy (non-hydrogen) atoms. The third kappa shape index (κ3) is 3.89. The van der Waals surface area contributed by atoms with E-state index in [9.17, 15) is 19.7 Å². The van der Waals surface area contributed by atoms with Gasteiger partial charge in [0.1, 0.15) is 0 Å². The molecule has 0 aliphatic heterocycles. The number of hydrogen-bond acceptors (Lipinski definition) is 4. The number of nitrogens with zero attached hydrogens (tertiary/aromatic N) is 3. The van der Waals surface area contributed by atoms with E-state index in [-0.39, 0.29) is 23.7 Å². The molecule has 2 amide bonds. The molecule has 8 heteroatoms. The van der Waals surface area contributed by atoms with Crippen molar-refractivity contribution in [3.05, 3.63) is 37.4 Å². The second-order valence-corrected chi connectivity index (χ2v) is 5.53. The van der Waals surface area contributed by atoms with Gasteiger partial charge in [0.2, 0.25) is 5.91 Å². The maximum Gasteiger partial charge on any atom is 0.270 e. The monoisotopic (exact) mass is 391 g/mol. The van der Waals surface area contributed by atoms with Crippen molar-refractivity contribution >= 4 is 40.1 Å². The third-order valence-electron chi connectivity index (χ3n) is 2.61. The summed E-state index contributed by atoms with van der Waals surface area (Å²) in [7, 11) is 4.67. The third-order valence-corrected chi connectivity index (χ3v) is 3.55. The Morgan fingerprint density at radius 1 is 1.30 bits per heavy atom. The van der Waals surface area contributed by atoms with E-state index in [0.29, 0.717) is 3.57 Å². The van der Waals surface area contributed by atoms with Crippen LogP contribution in [0.25, 0.3) is 0 Å². The topological polar surface area (TPSA) is 83.8 Å². The molecule has 0 unspecified atom stereocenters. The second kappa shape index (κ2) is 6.64. The van der Waals surface area contributed by atoms with Gasteiger partial charge in [0.15, 0.2) is 0 Å². The lowest BCUT2D eigenvalue weighted by Gasteiger charge is -2.19. The number of hydrogen-bond donors (Lipinski definition) is 0. The first-order valence-corrected chi connectivity index (χ1v) is 6.71. The minimum Gasteiger partial charge on any atom is -0.347 e. The second-order valence-electron chi connectivity index (χ2n) is 4.37. The quantitative estimate of drug-likeness (QED) is 0.441. The van der Waals surface area contributed by atoms with Crippen molar-refractivity contribution < 1.29 is 14.5 Å². The Balaban J connectivity index is 2.99. The van der Waals surface area contributed by atoms with Gasteiger partial charge in [-0.1, -0.05) is 0 Å². The fraction of sp³-hybridized carbons (Fsp3) is 0.333.